The van der Waals surface area contributed by atoms with Gasteiger partial charge in [-0.15, -0.1) is 0 Å². The summed E-state index contributed by atoms with van der Waals surface area (Å²) in [5.74, 6) is 2.33. The van der Waals surface area contributed by atoms with Crippen molar-refractivity contribution in [2.45, 2.75) is 0 Å². The Kier molecular flexibility index (Phi) is 2.76. The van der Waals surface area contributed by atoms with E-state index >= 15 is 0 Å². The van der Waals surface area contributed by atoms with Gasteiger partial charge in [0.25, 0.3) is 0 Å². The fourth-order valence-electron chi connectivity index (χ4n) is 1.86. The molecule has 0 spiro atoms. The number of ether oxygens (including phenoxy) is 3. The Morgan fingerprint density at radius 2 is 1.84 bits per heavy atom. The quantitative estimate of drug-likeness (QED) is 0.896. The van der Waals surface area contributed by atoms with Crippen LogP contribution in [0.2, 0.25) is 0 Å². The number of benzene rings is 2. The van der Waals surface area contributed by atoms with Crippen molar-refractivity contribution >= 4 is 5.76 Å². The molecule has 0 fully saturated rings. The van der Waals surface area contributed by atoms with Crippen molar-refractivity contribution < 1.29 is 19.3 Å². The molecule has 4 heteroatoms. The maximum Gasteiger partial charge on any atom is 0.170 e. The average molecular weight is 256 g/mol. The molecule has 19 heavy (non-hydrogen) atoms. The van der Waals surface area contributed by atoms with Gasteiger partial charge < -0.3 is 19.3 Å². The second-order valence-corrected chi connectivity index (χ2v) is 4.04. The van der Waals surface area contributed by atoms with Crippen molar-refractivity contribution in [3.8, 4) is 23.0 Å². The molecule has 0 aromatic heterocycles. The van der Waals surface area contributed by atoms with Gasteiger partial charge >= 0.3 is 0 Å². The molecule has 0 atom stereocenters. The van der Waals surface area contributed by atoms with Crippen LogP contribution in [0.5, 0.6) is 23.0 Å². The van der Waals surface area contributed by atoms with Crippen LogP contribution in [0.15, 0.2) is 48.7 Å². The van der Waals surface area contributed by atoms with E-state index in [0.717, 1.165) is 0 Å². The Morgan fingerprint density at radius 3 is 2.58 bits per heavy atom. The number of aromatic hydroxyl groups is 1. The molecule has 0 amide bonds. The zero-order valence-electron chi connectivity index (χ0n) is 10.3. The third-order valence-corrected chi connectivity index (χ3v) is 2.83. The minimum atomic E-state index is 0.0587. The summed E-state index contributed by atoms with van der Waals surface area (Å²) in [7, 11) is 1.50. The van der Waals surface area contributed by atoms with E-state index < -0.39 is 0 Å². The van der Waals surface area contributed by atoms with Crippen LogP contribution in [0.1, 0.15) is 5.56 Å². The Bertz CT molecular complexity index is 646. The second-order valence-electron chi connectivity index (χ2n) is 4.04. The van der Waals surface area contributed by atoms with Crippen LogP contribution in [-0.4, -0.2) is 12.2 Å². The summed E-state index contributed by atoms with van der Waals surface area (Å²) in [5, 5.41) is 9.77. The molecule has 0 aliphatic carbocycles. The molecule has 0 unspecified atom stereocenters. The summed E-state index contributed by atoms with van der Waals surface area (Å²) in [6, 6.07) is 12.4. The van der Waals surface area contributed by atoms with Gasteiger partial charge in [0.1, 0.15) is 6.26 Å². The zero-order valence-corrected chi connectivity index (χ0v) is 10.3. The summed E-state index contributed by atoms with van der Waals surface area (Å²) in [4.78, 5) is 0. The number of hydrogen-bond donors (Lipinski definition) is 1. The van der Waals surface area contributed by atoms with E-state index in [4.69, 9.17) is 14.2 Å². The lowest BCUT2D eigenvalue weighted by atomic mass is 10.1. The minimum Gasteiger partial charge on any atom is -0.504 e. The summed E-state index contributed by atoms with van der Waals surface area (Å²) in [6.45, 7) is 0. The number of phenols is 1. The maximum absolute atomic E-state index is 9.77. The van der Waals surface area contributed by atoms with Gasteiger partial charge in [-0.25, -0.2) is 0 Å². The van der Waals surface area contributed by atoms with Gasteiger partial charge in [-0.1, -0.05) is 12.1 Å². The van der Waals surface area contributed by atoms with E-state index in [0.29, 0.717) is 28.6 Å². The largest absolute Gasteiger partial charge is 0.504 e. The summed E-state index contributed by atoms with van der Waals surface area (Å²) >= 11 is 0. The molecule has 1 N–H and O–H groups in total. The second kappa shape index (κ2) is 4.57. The number of rotatable bonds is 2. The first-order valence-corrected chi connectivity index (χ1v) is 5.79. The minimum absolute atomic E-state index is 0.0587. The molecule has 1 aliphatic heterocycles. The summed E-state index contributed by atoms with van der Waals surface area (Å²) < 4.78 is 16.2. The van der Waals surface area contributed by atoms with Gasteiger partial charge in [0, 0.05) is 5.56 Å². The highest BCUT2D eigenvalue weighted by molar-refractivity contribution is 5.67. The molecule has 96 valence electrons. The Balaban J connectivity index is 1.92. The number of phenolic OH excluding ortho intramolecular Hbond substituents is 1. The van der Waals surface area contributed by atoms with Gasteiger partial charge in [-0.2, -0.15) is 0 Å². The summed E-state index contributed by atoms with van der Waals surface area (Å²) in [6.07, 6.45) is 1.52. The standard InChI is InChI=1S/C15H12O4/c1-17-12-7-6-10(8-11(12)16)15-9-18-13-4-2-3-5-14(13)19-15/h2-9,16H,1H3. The highest BCUT2D eigenvalue weighted by atomic mass is 16.6. The van der Waals surface area contributed by atoms with Gasteiger partial charge in [0.15, 0.2) is 28.8 Å². The van der Waals surface area contributed by atoms with Crippen molar-refractivity contribution in [1.82, 2.24) is 0 Å². The van der Waals surface area contributed by atoms with Gasteiger partial charge in [-0.05, 0) is 30.3 Å². The third kappa shape index (κ3) is 2.08. The Hall–Kier alpha value is -2.62. The molecule has 1 heterocycles. The van der Waals surface area contributed by atoms with Crippen molar-refractivity contribution in [2.24, 2.45) is 0 Å². The van der Waals surface area contributed by atoms with E-state index in [9.17, 15) is 5.11 Å². The number of methoxy groups -OCH3 is 1. The van der Waals surface area contributed by atoms with Crippen LogP contribution in [-0.2, 0) is 0 Å². The van der Waals surface area contributed by atoms with Crippen molar-refractivity contribution in [2.75, 3.05) is 7.11 Å². The Labute approximate surface area is 110 Å². The topological polar surface area (TPSA) is 47.9 Å². The fourth-order valence-corrected chi connectivity index (χ4v) is 1.86. The van der Waals surface area contributed by atoms with E-state index in [1.807, 2.05) is 24.3 Å². The molecule has 2 aromatic carbocycles. The van der Waals surface area contributed by atoms with Crippen LogP contribution in [0, 0.1) is 0 Å². The van der Waals surface area contributed by atoms with E-state index in [-0.39, 0.29) is 5.75 Å². The number of para-hydroxylation sites is 2. The molecule has 0 radical (unpaired) electrons. The highest BCUT2D eigenvalue weighted by Gasteiger charge is 2.16. The van der Waals surface area contributed by atoms with Crippen molar-refractivity contribution in [3.63, 3.8) is 0 Å². The molecule has 1 aliphatic rings. The number of fused-ring (bicyclic) bond motifs is 1. The first-order valence-electron chi connectivity index (χ1n) is 5.79. The lowest BCUT2D eigenvalue weighted by Gasteiger charge is -2.18. The highest BCUT2D eigenvalue weighted by Crippen LogP contribution is 2.36. The fraction of sp³-hybridized carbons (Fsp3) is 0.0667. The van der Waals surface area contributed by atoms with E-state index in [2.05, 4.69) is 0 Å². The van der Waals surface area contributed by atoms with Crippen molar-refractivity contribution in [1.29, 1.82) is 0 Å². The lowest BCUT2D eigenvalue weighted by molar-refractivity contribution is 0.371. The molecule has 2 aromatic rings. The monoisotopic (exact) mass is 256 g/mol. The lowest BCUT2D eigenvalue weighted by Crippen LogP contribution is -2.04. The third-order valence-electron chi connectivity index (χ3n) is 2.83. The van der Waals surface area contributed by atoms with Crippen LogP contribution in [0.4, 0.5) is 0 Å². The predicted molar refractivity (Wildman–Crippen MR) is 70.3 cm³/mol. The van der Waals surface area contributed by atoms with Crippen molar-refractivity contribution in [3.05, 3.63) is 54.3 Å². The van der Waals surface area contributed by atoms with Crippen LogP contribution in [0.3, 0.4) is 0 Å². The zero-order chi connectivity index (χ0) is 13.2. The Morgan fingerprint density at radius 1 is 1.05 bits per heavy atom. The van der Waals surface area contributed by atoms with Crippen LogP contribution in [0.25, 0.3) is 5.76 Å². The van der Waals surface area contributed by atoms with Crippen LogP contribution >= 0.6 is 0 Å². The normalized spacial score (nSPS) is 12.8. The SMILES string of the molecule is COc1ccc(C2=COc3ccccc3O2)cc1O. The first kappa shape index (κ1) is 11.5. The molecular formula is C15H12O4. The molecular weight excluding hydrogens is 244 g/mol. The molecule has 3 rings (SSSR count). The predicted octanol–water partition coefficient (Wildman–Crippen LogP) is 3.17. The molecule has 0 bridgehead atoms. The molecule has 0 saturated carbocycles. The smallest absolute Gasteiger partial charge is 0.170 e. The van der Waals surface area contributed by atoms with Gasteiger partial charge in [0.05, 0.1) is 7.11 Å². The average Bonchev–Trinajstić information content (AvgIpc) is 2.46. The van der Waals surface area contributed by atoms with Gasteiger partial charge in [-0.3, -0.25) is 0 Å². The number of hydrogen-bond acceptors (Lipinski definition) is 4. The molecule has 0 saturated heterocycles. The van der Waals surface area contributed by atoms with E-state index in [1.165, 1.54) is 13.4 Å². The first-order chi connectivity index (χ1) is 9.28. The summed E-state index contributed by atoms with van der Waals surface area (Å²) in [5.41, 5.74) is 0.716. The van der Waals surface area contributed by atoms with Gasteiger partial charge in [0.2, 0.25) is 0 Å². The maximum atomic E-state index is 9.77. The van der Waals surface area contributed by atoms with E-state index in [1.54, 1.807) is 18.2 Å². The molecule has 4 nitrogen and oxygen atoms in total. The van der Waals surface area contributed by atoms with Crippen LogP contribution < -0.4 is 14.2 Å².